The van der Waals surface area contributed by atoms with Gasteiger partial charge in [0.15, 0.2) is 5.78 Å². The van der Waals surface area contributed by atoms with Gasteiger partial charge in [-0.25, -0.2) is 0 Å². The van der Waals surface area contributed by atoms with Gasteiger partial charge in [0.25, 0.3) is 0 Å². The Hall–Kier alpha value is -2.01. The summed E-state index contributed by atoms with van der Waals surface area (Å²) in [5, 5.41) is 3.11. The summed E-state index contributed by atoms with van der Waals surface area (Å²) in [6, 6.07) is 10.1. The molecule has 1 aromatic carbocycles. The molecule has 0 heterocycles. The van der Waals surface area contributed by atoms with Crippen LogP contribution in [0.15, 0.2) is 42.1 Å². The van der Waals surface area contributed by atoms with Crippen molar-refractivity contribution in [2.24, 2.45) is 0 Å². The predicted molar refractivity (Wildman–Crippen MR) is 68.3 cm³/mol. The zero-order valence-corrected chi connectivity index (χ0v) is 9.65. The van der Waals surface area contributed by atoms with Crippen molar-refractivity contribution >= 4 is 5.78 Å². The Kier molecular flexibility index (Phi) is 3.62. The van der Waals surface area contributed by atoms with Crippen molar-refractivity contribution in [2.45, 2.75) is 18.8 Å². The summed E-state index contributed by atoms with van der Waals surface area (Å²) in [6.07, 6.45) is 8.33. The van der Waals surface area contributed by atoms with Crippen LogP contribution in [0.5, 0.6) is 0 Å². The van der Waals surface area contributed by atoms with Crippen LogP contribution in [-0.2, 0) is 4.79 Å². The molecule has 86 valence electrons. The summed E-state index contributed by atoms with van der Waals surface area (Å²) in [5.74, 6) is 2.96. The van der Waals surface area contributed by atoms with E-state index < -0.39 is 0 Å². The summed E-state index contributed by atoms with van der Waals surface area (Å²) in [7, 11) is 0. The number of nitrogens with one attached hydrogen (secondary N) is 1. The largest absolute Gasteiger partial charge is 0.377 e. The lowest BCUT2D eigenvalue weighted by molar-refractivity contribution is -0.115. The molecule has 2 rings (SSSR count). The maximum absolute atomic E-state index is 11.7. The van der Waals surface area contributed by atoms with Gasteiger partial charge in [-0.3, -0.25) is 4.79 Å². The lowest BCUT2D eigenvalue weighted by Gasteiger charge is -2.22. The molecular weight excluding hydrogens is 210 g/mol. The Labute approximate surface area is 102 Å². The Morgan fingerprint density at radius 1 is 1.29 bits per heavy atom. The Bertz CT molecular complexity index is 467. The van der Waals surface area contributed by atoms with Gasteiger partial charge >= 0.3 is 0 Å². The number of carbonyl (C=O) groups is 1. The van der Waals surface area contributed by atoms with Crippen LogP contribution < -0.4 is 5.32 Å². The average molecular weight is 225 g/mol. The third kappa shape index (κ3) is 2.98. The van der Waals surface area contributed by atoms with Gasteiger partial charge in [0.05, 0.1) is 6.54 Å². The molecule has 0 saturated carbocycles. The van der Waals surface area contributed by atoms with E-state index in [0.29, 0.717) is 13.0 Å². The molecule has 2 nitrogen and oxygen atoms in total. The van der Waals surface area contributed by atoms with Gasteiger partial charge in [-0.2, -0.15) is 0 Å². The van der Waals surface area contributed by atoms with Crippen LogP contribution in [0.2, 0.25) is 0 Å². The van der Waals surface area contributed by atoms with Gasteiger partial charge in [-0.15, -0.1) is 6.42 Å². The summed E-state index contributed by atoms with van der Waals surface area (Å²) >= 11 is 0. The van der Waals surface area contributed by atoms with Crippen molar-refractivity contribution in [3.63, 3.8) is 0 Å². The van der Waals surface area contributed by atoms with Gasteiger partial charge < -0.3 is 5.32 Å². The van der Waals surface area contributed by atoms with E-state index in [9.17, 15) is 4.79 Å². The van der Waals surface area contributed by atoms with E-state index in [4.69, 9.17) is 6.42 Å². The number of benzene rings is 1. The number of hydrogen-bond acceptors (Lipinski definition) is 2. The minimum Gasteiger partial charge on any atom is -0.377 e. The summed E-state index contributed by atoms with van der Waals surface area (Å²) in [5.41, 5.74) is 2.17. The number of ketones is 1. The van der Waals surface area contributed by atoms with Crippen LogP contribution in [0.1, 0.15) is 24.3 Å². The SMILES string of the molecule is C#CCNC1=CC(=O)CC(c2ccccc2)C1. The quantitative estimate of drug-likeness (QED) is 0.799. The minimum absolute atomic E-state index is 0.171. The van der Waals surface area contributed by atoms with Crippen molar-refractivity contribution in [2.75, 3.05) is 6.54 Å². The zero-order chi connectivity index (χ0) is 12.1. The standard InChI is InChI=1S/C15H15NO/c1-2-8-16-14-9-13(10-15(17)11-14)12-6-4-3-5-7-12/h1,3-7,11,13,16H,8-10H2. The van der Waals surface area contributed by atoms with Crippen molar-refractivity contribution < 1.29 is 4.79 Å². The van der Waals surface area contributed by atoms with Gasteiger partial charge in [0.2, 0.25) is 0 Å². The van der Waals surface area contributed by atoms with Crippen molar-refractivity contribution in [1.29, 1.82) is 0 Å². The highest BCUT2D eigenvalue weighted by atomic mass is 16.1. The molecule has 1 unspecified atom stereocenters. The zero-order valence-electron chi connectivity index (χ0n) is 9.65. The van der Waals surface area contributed by atoms with Gasteiger partial charge in [0, 0.05) is 18.2 Å². The Balaban J connectivity index is 2.11. The van der Waals surface area contributed by atoms with E-state index in [0.717, 1.165) is 12.1 Å². The fourth-order valence-electron chi connectivity index (χ4n) is 2.14. The van der Waals surface area contributed by atoms with E-state index in [2.05, 4.69) is 23.4 Å². The Morgan fingerprint density at radius 2 is 2.06 bits per heavy atom. The molecule has 0 spiro atoms. The predicted octanol–water partition coefficient (Wildman–Crippen LogP) is 2.24. The molecule has 0 saturated heterocycles. The van der Waals surface area contributed by atoms with Crippen molar-refractivity contribution in [3.8, 4) is 12.3 Å². The summed E-state index contributed by atoms with van der Waals surface area (Å²) in [4.78, 5) is 11.7. The van der Waals surface area contributed by atoms with E-state index in [-0.39, 0.29) is 11.7 Å². The molecule has 2 heteroatoms. The highest BCUT2D eigenvalue weighted by Crippen LogP contribution is 2.30. The topological polar surface area (TPSA) is 29.1 Å². The first kappa shape index (κ1) is 11.5. The molecule has 0 amide bonds. The maximum atomic E-state index is 11.7. The smallest absolute Gasteiger partial charge is 0.158 e. The second kappa shape index (κ2) is 5.36. The van der Waals surface area contributed by atoms with Crippen LogP contribution in [0.25, 0.3) is 0 Å². The van der Waals surface area contributed by atoms with Crippen molar-refractivity contribution in [1.82, 2.24) is 5.32 Å². The molecule has 0 bridgehead atoms. The fourth-order valence-corrected chi connectivity index (χ4v) is 2.14. The van der Waals surface area contributed by atoms with Gasteiger partial charge in [-0.1, -0.05) is 36.3 Å². The molecule has 0 aromatic heterocycles. The minimum atomic E-state index is 0.171. The highest BCUT2D eigenvalue weighted by Gasteiger charge is 2.21. The lowest BCUT2D eigenvalue weighted by atomic mass is 9.85. The number of rotatable bonds is 3. The fraction of sp³-hybridized carbons (Fsp3) is 0.267. The normalized spacial score (nSPS) is 19.4. The molecule has 1 aliphatic rings. The summed E-state index contributed by atoms with van der Waals surface area (Å²) < 4.78 is 0. The van der Waals surface area contributed by atoms with E-state index in [1.165, 1.54) is 5.56 Å². The maximum Gasteiger partial charge on any atom is 0.158 e. The average Bonchev–Trinajstić information content (AvgIpc) is 2.37. The summed E-state index contributed by atoms with van der Waals surface area (Å²) in [6.45, 7) is 0.473. The molecule has 0 radical (unpaired) electrons. The van der Waals surface area contributed by atoms with Crippen molar-refractivity contribution in [3.05, 3.63) is 47.7 Å². The molecule has 1 aliphatic carbocycles. The van der Waals surface area contributed by atoms with Gasteiger partial charge in [-0.05, 0) is 17.9 Å². The second-order valence-corrected chi connectivity index (χ2v) is 4.21. The van der Waals surface area contributed by atoms with Crippen LogP contribution in [0, 0.1) is 12.3 Å². The molecule has 1 N–H and O–H groups in total. The lowest BCUT2D eigenvalue weighted by Crippen LogP contribution is -2.22. The van der Waals surface area contributed by atoms with Crippen LogP contribution in [-0.4, -0.2) is 12.3 Å². The first-order valence-corrected chi connectivity index (χ1v) is 5.75. The second-order valence-electron chi connectivity index (χ2n) is 4.21. The van der Waals surface area contributed by atoms with E-state index in [1.54, 1.807) is 6.08 Å². The number of carbonyl (C=O) groups excluding carboxylic acids is 1. The van der Waals surface area contributed by atoms with Gasteiger partial charge in [0.1, 0.15) is 0 Å². The number of hydrogen-bond donors (Lipinski definition) is 1. The number of terminal acetylenes is 1. The molecular formula is C15H15NO. The third-order valence-corrected chi connectivity index (χ3v) is 2.94. The van der Waals surface area contributed by atoms with Crippen LogP contribution in [0.4, 0.5) is 0 Å². The first-order chi connectivity index (χ1) is 8.29. The molecule has 1 aromatic rings. The highest BCUT2D eigenvalue weighted by molar-refractivity contribution is 5.91. The molecule has 0 fully saturated rings. The van der Waals surface area contributed by atoms with Crippen LogP contribution in [0.3, 0.4) is 0 Å². The molecule has 0 aliphatic heterocycles. The third-order valence-electron chi connectivity index (χ3n) is 2.94. The van der Waals surface area contributed by atoms with E-state index >= 15 is 0 Å². The van der Waals surface area contributed by atoms with Crippen LogP contribution >= 0.6 is 0 Å². The number of allylic oxidation sites excluding steroid dienone is 2. The first-order valence-electron chi connectivity index (χ1n) is 5.75. The molecule has 17 heavy (non-hydrogen) atoms. The molecule has 1 atom stereocenters. The monoisotopic (exact) mass is 225 g/mol. The van der Waals surface area contributed by atoms with E-state index in [1.807, 2.05) is 18.2 Å². The Morgan fingerprint density at radius 3 is 2.76 bits per heavy atom.